The van der Waals surface area contributed by atoms with Crippen LogP contribution in [0.1, 0.15) is 21.5 Å². The molecule has 4 nitrogen and oxygen atoms in total. The average Bonchev–Trinajstić information content (AvgIpc) is 2.39. The summed E-state index contributed by atoms with van der Waals surface area (Å²) in [5, 5.41) is 1.40. The summed E-state index contributed by atoms with van der Waals surface area (Å²) in [5.74, 6) is 5.65. The lowest BCUT2D eigenvalue weighted by molar-refractivity contribution is 0.103. The summed E-state index contributed by atoms with van der Waals surface area (Å²) < 4.78 is 0. The van der Waals surface area contributed by atoms with Gasteiger partial charge >= 0.3 is 0 Å². The monoisotopic (exact) mass is 255 g/mol. The Hall–Kier alpha value is -2.33. The number of rotatable bonds is 3. The van der Waals surface area contributed by atoms with Crippen LogP contribution >= 0.6 is 0 Å². The number of hydrogen-bond acceptors (Lipinski definition) is 4. The molecule has 0 heterocycles. The van der Waals surface area contributed by atoms with Gasteiger partial charge in [0.15, 0.2) is 5.78 Å². The van der Waals surface area contributed by atoms with Gasteiger partial charge in [-0.3, -0.25) is 4.79 Å². The maximum absolute atomic E-state index is 12.3. The lowest BCUT2D eigenvalue weighted by Crippen LogP contribution is -2.26. The van der Waals surface area contributed by atoms with Crippen molar-refractivity contribution < 1.29 is 4.79 Å². The van der Waals surface area contributed by atoms with Gasteiger partial charge in [0.25, 0.3) is 0 Å². The number of aryl methyl sites for hydroxylation is 1. The lowest BCUT2D eigenvalue weighted by atomic mass is 10.0. The zero-order chi connectivity index (χ0) is 14.0. The van der Waals surface area contributed by atoms with Gasteiger partial charge in [-0.2, -0.15) is 0 Å². The van der Waals surface area contributed by atoms with E-state index < -0.39 is 0 Å². The number of carbonyl (C=O) groups is 1. The molecule has 0 saturated carbocycles. The summed E-state index contributed by atoms with van der Waals surface area (Å²) in [7, 11) is 1.69. The highest BCUT2D eigenvalue weighted by atomic mass is 16.1. The summed E-state index contributed by atoms with van der Waals surface area (Å²) in [6.07, 6.45) is 0. The Morgan fingerprint density at radius 2 is 1.63 bits per heavy atom. The maximum Gasteiger partial charge on any atom is 0.193 e. The van der Waals surface area contributed by atoms with Crippen LogP contribution in [0.25, 0.3) is 0 Å². The summed E-state index contributed by atoms with van der Waals surface area (Å²) >= 11 is 0. The molecule has 4 N–H and O–H groups in total. The fourth-order valence-corrected chi connectivity index (χ4v) is 1.86. The predicted molar refractivity (Wildman–Crippen MR) is 78.1 cm³/mol. The molecule has 0 bridgehead atoms. The first-order valence-electron chi connectivity index (χ1n) is 5.98. The third kappa shape index (κ3) is 2.74. The molecule has 0 aromatic heterocycles. The van der Waals surface area contributed by atoms with E-state index >= 15 is 0 Å². The van der Waals surface area contributed by atoms with Gasteiger partial charge < -0.3 is 10.7 Å². The number of nitrogens with zero attached hydrogens (tertiary/aromatic N) is 1. The minimum Gasteiger partial charge on any atom is -0.397 e. The largest absolute Gasteiger partial charge is 0.397 e. The molecular formula is C15H17N3O. The van der Waals surface area contributed by atoms with E-state index in [0.717, 1.165) is 5.56 Å². The number of nitrogen functional groups attached to an aromatic ring is 1. The Kier molecular flexibility index (Phi) is 3.53. The smallest absolute Gasteiger partial charge is 0.193 e. The Morgan fingerprint density at radius 1 is 1.05 bits per heavy atom. The van der Waals surface area contributed by atoms with Crippen molar-refractivity contribution in [3.05, 3.63) is 59.2 Å². The van der Waals surface area contributed by atoms with E-state index in [0.29, 0.717) is 22.5 Å². The lowest BCUT2D eigenvalue weighted by Gasteiger charge is -2.15. The van der Waals surface area contributed by atoms with Crippen molar-refractivity contribution in [2.45, 2.75) is 6.92 Å². The molecule has 0 aliphatic rings. The second-order valence-corrected chi connectivity index (χ2v) is 4.58. The summed E-state index contributed by atoms with van der Waals surface area (Å²) in [6.45, 7) is 1.99. The molecule has 0 atom stereocenters. The number of benzene rings is 2. The molecule has 0 aliphatic heterocycles. The van der Waals surface area contributed by atoms with E-state index in [4.69, 9.17) is 11.6 Å². The standard InChI is InChI=1S/C15H17N3O/c1-10-3-5-11(6-4-10)15(19)12-7-8-13(16)14(9-12)18(2)17/h3-9H,16-17H2,1-2H3. The van der Waals surface area contributed by atoms with Crippen molar-refractivity contribution >= 4 is 17.2 Å². The number of hydrogen-bond donors (Lipinski definition) is 2. The number of carbonyl (C=O) groups excluding carboxylic acids is 1. The molecule has 0 radical (unpaired) electrons. The molecule has 0 aliphatic carbocycles. The molecule has 4 heteroatoms. The van der Waals surface area contributed by atoms with Crippen LogP contribution in [0.5, 0.6) is 0 Å². The summed E-state index contributed by atoms with van der Waals surface area (Å²) in [4.78, 5) is 12.3. The number of ketones is 1. The van der Waals surface area contributed by atoms with Gasteiger partial charge in [0, 0.05) is 18.2 Å². The molecule has 0 saturated heterocycles. The molecule has 0 amide bonds. The Bertz CT molecular complexity index is 603. The Balaban J connectivity index is 2.39. The van der Waals surface area contributed by atoms with Crippen LogP contribution in [0.2, 0.25) is 0 Å². The summed E-state index contributed by atoms with van der Waals surface area (Å²) in [6, 6.07) is 12.6. The van der Waals surface area contributed by atoms with Gasteiger partial charge in [0.05, 0.1) is 11.4 Å². The molecule has 0 spiro atoms. The topological polar surface area (TPSA) is 72.4 Å². The predicted octanol–water partition coefficient (Wildman–Crippen LogP) is 2.12. The third-order valence-corrected chi connectivity index (χ3v) is 2.99. The van der Waals surface area contributed by atoms with Crippen molar-refractivity contribution in [3.63, 3.8) is 0 Å². The fourth-order valence-electron chi connectivity index (χ4n) is 1.86. The highest BCUT2D eigenvalue weighted by Gasteiger charge is 2.11. The minimum absolute atomic E-state index is 0.0388. The van der Waals surface area contributed by atoms with Gasteiger partial charge in [-0.15, -0.1) is 0 Å². The highest BCUT2D eigenvalue weighted by Crippen LogP contribution is 2.23. The Labute approximate surface area is 112 Å². The minimum atomic E-state index is -0.0388. The fraction of sp³-hybridized carbons (Fsp3) is 0.133. The Morgan fingerprint density at radius 3 is 2.21 bits per heavy atom. The molecule has 2 aromatic carbocycles. The van der Waals surface area contributed by atoms with Crippen molar-refractivity contribution in [1.82, 2.24) is 0 Å². The van der Waals surface area contributed by atoms with Crippen LogP contribution in [-0.2, 0) is 0 Å². The van der Waals surface area contributed by atoms with Gasteiger partial charge in [-0.05, 0) is 25.1 Å². The number of hydrazine groups is 1. The highest BCUT2D eigenvalue weighted by molar-refractivity contribution is 6.09. The van der Waals surface area contributed by atoms with E-state index in [9.17, 15) is 4.79 Å². The second kappa shape index (κ2) is 5.12. The van der Waals surface area contributed by atoms with E-state index in [1.165, 1.54) is 5.01 Å². The van der Waals surface area contributed by atoms with Crippen LogP contribution in [0.3, 0.4) is 0 Å². The SMILES string of the molecule is Cc1ccc(C(=O)c2ccc(N)c(N(C)N)c2)cc1. The quantitative estimate of drug-likeness (QED) is 0.381. The first kappa shape index (κ1) is 13.1. The van der Waals surface area contributed by atoms with Crippen molar-refractivity contribution in [2.75, 3.05) is 17.8 Å². The van der Waals surface area contributed by atoms with Crippen molar-refractivity contribution in [2.24, 2.45) is 5.84 Å². The molecule has 2 rings (SSSR count). The molecule has 19 heavy (non-hydrogen) atoms. The van der Waals surface area contributed by atoms with E-state index in [1.54, 1.807) is 25.2 Å². The zero-order valence-electron chi connectivity index (χ0n) is 11.1. The third-order valence-electron chi connectivity index (χ3n) is 2.99. The normalized spacial score (nSPS) is 10.3. The van der Waals surface area contributed by atoms with Crippen molar-refractivity contribution in [1.29, 1.82) is 0 Å². The molecule has 0 fully saturated rings. The summed E-state index contributed by atoms with van der Waals surface area (Å²) in [5.41, 5.74) is 9.35. The van der Waals surface area contributed by atoms with E-state index in [1.807, 2.05) is 31.2 Å². The number of anilines is 2. The first-order valence-corrected chi connectivity index (χ1v) is 5.98. The maximum atomic E-state index is 12.3. The van der Waals surface area contributed by atoms with Crippen LogP contribution in [0.15, 0.2) is 42.5 Å². The average molecular weight is 255 g/mol. The van der Waals surface area contributed by atoms with Crippen LogP contribution in [0, 0.1) is 6.92 Å². The van der Waals surface area contributed by atoms with Gasteiger partial charge in [0.2, 0.25) is 0 Å². The van der Waals surface area contributed by atoms with Gasteiger partial charge in [0.1, 0.15) is 0 Å². The molecule has 0 unspecified atom stereocenters. The first-order chi connectivity index (χ1) is 8.99. The van der Waals surface area contributed by atoms with Crippen LogP contribution < -0.4 is 16.6 Å². The zero-order valence-corrected chi connectivity index (χ0v) is 11.1. The van der Waals surface area contributed by atoms with Gasteiger partial charge in [-0.1, -0.05) is 29.8 Å². The van der Waals surface area contributed by atoms with Crippen LogP contribution in [0.4, 0.5) is 11.4 Å². The van der Waals surface area contributed by atoms with Gasteiger partial charge in [-0.25, -0.2) is 5.84 Å². The van der Waals surface area contributed by atoms with E-state index in [-0.39, 0.29) is 5.78 Å². The van der Waals surface area contributed by atoms with E-state index in [2.05, 4.69) is 0 Å². The number of nitrogens with two attached hydrogens (primary N) is 2. The molecular weight excluding hydrogens is 238 g/mol. The molecule has 98 valence electrons. The van der Waals surface area contributed by atoms with Crippen LogP contribution in [-0.4, -0.2) is 12.8 Å². The van der Waals surface area contributed by atoms with Crippen molar-refractivity contribution in [3.8, 4) is 0 Å². The molecule has 2 aromatic rings. The second-order valence-electron chi connectivity index (χ2n) is 4.58.